The Morgan fingerprint density at radius 2 is 2.12 bits per heavy atom. The first-order valence-corrected chi connectivity index (χ1v) is 5.68. The van der Waals surface area contributed by atoms with Gasteiger partial charge in [0.2, 0.25) is 0 Å². The smallest absolute Gasteiger partial charge is 0.146 e. The summed E-state index contributed by atoms with van der Waals surface area (Å²) in [6.07, 6.45) is 3.77. The third kappa shape index (κ3) is 2.84. The summed E-state index contributed by atoms with van der Waals surface area (Å²) >= 11 is 0. The van der Waals surface area contributed by atoms with Crippen molar-refractivity contribution in [1.82, 2.24) is 9.78 Å². The Morgan fingerprint density at radius 3 is 2.76 bits per heavy atom. The fourth-order valence-corrected chi connectivity index (χ4v) is 1.55. The number of nitrogens with zero attached hydrogens (tertiary/aromatic N) is 2. The van der Waals surface area contributed by atoms with E-state index in [1.165, 1.54) is 6.07 Å². The summed E-state index contributed by atoms with van der Waals surface area (Å²) in [5.41, 5.74) is 1.56. The highest BCUT2D eigenvalue weighted by molar-refractivity contribution is 5.44. The number of hydrogen-bond acceptors (Lipinski definition) is 2. The van der Waals surface area contributed by atoms with Crippen LogP contribution < -0.4 is 5.32 Å². The highest BCUT2D eigenvalue weighted by atomic mass is 19.1. The lowest BCUT2D eigenvalue weighted by molar-refractivity contribution is 0.532. The third-order valence-corrected chi connectivity index (χ3v) is 2.54. The maximum absolute atomic E-state index is 13.3. The van der Waals surface area contributed by atoms with Gasteiger partial charge < -0.3 is 5.32 Å². The monoisotopic (exact) mass is 233 g/mol. The number of benzene rings is 1. The molecule has 4 heteroatoms. The zero-order chi connectivity index (χ0) is 12.3. The number of nitrogens with one attached hydrogen (secondary N) is 1. The molecule has 90 valence electrons. The number of aromatic nitrogens is 2. The second kappa shape index (κ2) is 4.99. The van der Waals surface area contributed by atoms with Crippen LogP contribution in [0.1, 0.15) is 25.5 Å². The molecule has 17 heavy (non-hydrogen) atoms. The number of hydrogen-bond donors (Lipinski definition) is 1. The van der Waals surface area contributed by atoms with E-state index in [1.54, 1.807) is 18.3 Å². The molecule has 2 aromatic rings. The molecule has 1 heterocycles. The van der Waals surface area contributed by atoms with E-state index in [1.807, 2.05) is 16.9 Å². The molecule has 1 aromatic heterocycles. The molecule has 0 aliphatic heterocycles. The van der Waals surface area contributed by atoms with Crippen molar-refractivity contribution in [2.45, 2.75) is 26.4 Å². The SMILES string of the molecule is CC(C)n1cc(CNc2ccccc2F)cn1. The van der Waals surface area contributed by atoms with E-state index in [2.05, 4.69) is 24.3 Å². The summed E-state index contributed by atoms with van der Waals surface area (Å²) < 4.78 is 15.2. The van der Waals surface area contributed by atoms with Crippen molar-refractivity contribution in [3.05, 3.63) is 48.0 Å². The molecule has 0 atom stereocenters. The van der Waals surface area contributed by atoms with Crippen LogP contribution in [0.15, 0.2) is 36.7 Å². The number of halogens is 1. The van der Waals surface area contributed by atoms with Crippen molar-refractivity contribution >= 4 is 5.69 Å². The highest BCUT2D eigenvalue weighted by Crippen LogP contribution is 2.14. The third-order valence-electron chi connectivity index (χ3n) is 2.54. The van der Waals surface area contributed by atoms with Crippen molar-refractivity contribution in [2.75, 3.05) is 5.32 Å². The van der Waals surface area contributed by atoms with Gasteiger partial charge in [-0.2, -0.15) is 5.10 Å². The second-order valence-corrected chi connectivity index (χ2v) is 4.26. The molecule has 3 nitrogen and oxygen atoms in total. The van der Waals surface area contributed by atoms with Crippen LogP contribution >= 0.6 is 0 Å². The van der Waals surface area contributed by atoms with Gasteiger partial charge in [-0.25, -0.2) is 4.39 Å². The van der Waals surface area contributed by atoms with Gasteiger partial charge in [0.15, 0.2) is 0 Å². The van der Waals surface area contributed by atoms with E-state index >= 15 is 0 Å². The van der Waals surface area contributed by atoms with Gasteiger partial charge in [-0.15, -0.1) is 0 Å². The molecule has 1 aromatic carbocycles. The first kappa shape index (κ1) is 11.6. The maximum Gasteiger partial charge on any atom is 0.146 e. The van der Waals surface area contributed by atoms with Gasteiger partial charge in [-0.3, -0.25) is 4.68 Å². The molecule has 0 amide bonds. The maximum atomic E-state index is 13.3. The lowest BCUT2D eigenvalue weighted by Crippen LogP contribution is -2.02. The standard InChI is InChI=1S/C13H16FN3/c1-10(2)17-9-11(8-16-17)7-15-13-6-4-3-5-12(13)14/h3-6,8-10,15H,7H2,1-2H3. The Hall–Kier alpha value is -1.84. The fourth-order valence-electron chi connectivity index (χ4n) is 1.55. The quantitative estimate of drug-likeness (QED) is 0.878. The zero-order valence-electron chi connectivity index (χ0n) is 10.0. The van der Waals surface area contributed by atoms with Crippen molar-refractivity contribution in [2.24, 2.45) is 0 Å². The molecule has 0 fully saturated rings. The van der Waals surface area contributed by atoms with Gasteiger partial charge in [-0.05, 0) is 26.0 Å². The summed E-state index contributed by atoms with van der Waals surface area (Å²) in [5, 5.41) is 7.29. The molecule has 0 aliphatic rings. The minimum Gasteiger partial charge on any atom is -0.378 e. The number of rotatable bonds is 4. The Balaban J connectivity index is 2.00. The Bertz CT molecular complexity index is 491. The van der Waals surface area contributed by atoms with Crippen LogP contribution in [-0.2, 0) is 6.54 Å². The zero-order valence-corrected chi connectivity index (χ0v) is 10.0. The van der Waals surface area contributed by atoms with Crippen LogP contribution in [0.4, 0.5) is 10.1 Å². The van der Waals surface area contributed by atoms with Crippen LogP contribution in [0.2, 0.25) is 0 Å². The van der Waals surface area contributed by atoms with Crippen molar-refractivity contribution in [3.8, 4) is 0 Å². The van der Waals surface area contributed by atoms with Gasteiger partial charge >= 0.3 is 0 Å². The highest BCUT2D eigenvalue weighted by Gasteiger charge is 2.03. The normalized spacial score (nSPS) is 10.8. The second-order valence-electron chi connectivity index (χ2n) is 4.26. The van der Waals surface area contributed by atoms with Crippen molar-refractivity contribution in [3.63, 3.8) is 0 Å². The van der Waals surface area contributed by atoms with Crippen LogP contribution in [0.5, 0.6) is 0 Å². The lowest BCUT2D eigenvalue weighted by atomic mass is 10.3. The Labute approximate surface area is 100 Å². The molecular formula is C13H16FN3. The van der Waals surface area contributed by atoms with Crippen LogP contribution in [0, 0.1) is 5.82 Å². The van der Waals surface area contributed by atoms with Crippen LogP contribution in [-0.4, -0.2) is 9.78 Å². The first-order valence-electron chi connectivity index (χ1n) is 5.68. The predicted molar refractivity (Wildman–Crippen MR) is 66.3 cm³/mol. The van der Waals surface area contributed by atoms with E-state index in [4.69, 9.17) is 0 Å². The average Bonchev–Trinajstić information content (AvgIpc) is 2.77. The fraction of sp³-hybridized carbons (Fsp3) is 0.308. The minimum absolute atomic E-state index is 0.233. The molecule has 0 saturated carbocycles. The van der Waals surface area contributed by atoms with Crippen molar-refractivity contribution < 1.29 is 4.39 Å². The molecule has 0 spiro atoms. The summed E-state index contributed by atoms with van der Waals surface area (Å²) in [4.78, 5) is 0. The molecular weight excluding hydrogens is 217 g/mol. The molecule has 1 N–H and O–H groups in total. The van der Waals surface area contributed by atoms with E-state index in [0.29, 0.717) is 18.3 Å². The number of anilines is 1. The molecule has 0 saturated heterocycles. The molecule has 0 radical (unpaired) electrons. The van der Waals surface area contributed by atoms with E-state index < -0.39 is 0 Å². The van der Waals surface area contributed by atoms with Crippen LogP contribution in [0.3, 0.4) is 0 Å². The van der Waals surface area contributed by atoms with E-state index in [9.17, 15) is 4.39 Å². The molecule has 0 bridgehead atoms. The summed E-state index contributed by atoms with van der Waals surface area (Å²) in [7, 11) is 0. The first-order chi connectivity index (χ1) is 8.16. The topological polar surface area (TPSA) is 29.9 Å². The van der Waals surface area contributed by atoms with Gasteiger partial charge in [0.1, 0.15) is 5.82 Å². The number of para-hydroxylation sites is 1. The molecule has 2 rings (SSSR count). The van der Waals surface area contributed by atoms with E-state index in [0.717, 1.165) is 5.56 Å². The van der Waals surface area contributed by atoms with Gasteiger partial charge in [0.25, 0.3) is 0 Å². The Kier molecular flexibility index (Phi) is 3.42. The minimum atomic E-state index is -0.233. The lowest BCUT2D eigenvalue weighted by Gasteiger charge is -2.06. The molecule has 0 aliphatic carbocycles. The van der Waals surface area contributed by atoms with Crippen LogP contribution in [0.25, 0.3) is 0 Å². The predicted octanol–water partition coefficient (Wildman–Crippen LogP) is 3.22. The van der Waals surface area contributed by atoms with Gasteiger partial charge in [0, 0.05) is 24.3 Å². The Morgan fingerprint density at radius 1 is 1.35 bits per heavy atom. The van der Waals surface area contributed by atoms with Crippen molar-refractivity contribution in [1.29, 1.82) is 0 Å². The van der Waals surface area contributed by atoms with E-state index in [-0.39, 0.29) is 5.82 Å². The largest absolute Gasteiger partial charge is 0.378 e. The summed E-state index contributed by atoms with van der Waals surface area (Å²) in [5.74, 6) is -0.233. The summed E-state index contributed by atoms with van der Waals surface area (Å²) in [6, 6.07) is 7.00. The van der Waals surface area contributed by atoms with Gasteiger partial charge in [0.05, 0.1) is 11.9 Å². The van der Waals surface area contributed by atoms with Gasteiger partial charge in [-0.1, -0.05) is 12.1 Å². The average molecular weight is 233 g/mol. The summed E-state index contributed by atoms with van der Waals surface area (Å²) in [6.45, 7) is 4.72. The molecule has 0 unspecified atom stereocenters.